The van der Waals surface area contributed by atoms with Gasteiger partial charge in [-0.25, -0.2) is 0 Å². The smallest absolute Gasteiger partial charge is 0.270 e. The van der Waals surface area contributed by atoms with Gasteiger partial charge in [-0.2, -0.15) is 5.10 Å². The lowest BCUT2D eigenvalue weighted by Crippen LogP contribution is -1.92. The van der Waals surface area contributed by atoms with Gasteiger partial charge in [-0.15, -0.1) is 0 Å². The Bertz CT molecular complexity index is 904. The Balaban J connectivity index is 1.69. The maximum Gasteiger partial charge on any atom is 0.270 e. The number of fused-ring (bicyclic) bond motifs is 1. The summed E-state index contributed by atoms with van der Waals surface area (Å²) in [6.45, 7) is 0.221. The molecule has 7 nitrogen and oxygen atoms in total. The molecule has 1 aliphatic heterocycles. The summed E-state index contributed by atoms with van der Waals surface area (Å²) in [5.74, 6) is 1.39. The normalized spacial score (nSPS) is 12.3. The van der Waals surface area contributed by atoms with Crippen LogP contribution < -0.4 is 9.47 Å². The Kier molecular flexibility index (Phi) is 2.97. The van der Waals surface area contributed by atoms with E-state index in [0.29, 0.717) is 22.8 Å². The second-order valence-electron chi connectivity index (χ2n) is 5.04. The number of non-ortho nitro benzene ring substituents is 1. The number of nitro benzene ring substituents is 1. The summed E-state index contributed by atoms with van der Waals surface area (Å²) in [5, 5.41) is 18.1. The Morgan fingerprint density at radius 2 is 1.91 bits per heavy atom. The Morgan fingerprint density at radius 1 is 1.04 bits per heavy atom. The average molecular weight is 309 g/mol. The van der Waals surface area contributed by atoms with E-state index in [-0.39, 0.29) is 12.5 Å². The van der Waals surface area contributed by atoms with Crippen LogP contribution in [0.15, 0.2) is 48.5 Å². The summed E-state index contributed by atoms with van der Waals surface area (Å²) >= 11 is 0. The molecule has 1 N–H and O–H groups in total. The van der Waals surface area contributed by atoms with Crippen LogP contribution in [-0.2, 0) is 0 Å². The van der Waals surface area contributed by atoms with Gasteiger partial charge in [0.15, 0.2) is 11.5 Å². The van der Waals surface area contributed by atoms with Crippen molar-refractivity contribution in [2.45, 2.75) is 0 Å². The first-order valence-corrected chi connectivity index (χ1v) is 6.91. The molecule has 1 aliphatic rings. The number of rotatable bonds is 3. The van der Waals surface area contributed by atoms with Gasteiger partial charge in [-0.1, -0.05) is 12.1 Å². The highest BCUT2D eigenvalue weighted by molar-refractivity contribution is 5.71. The predicted octanol–water partition coefficient (Wildman–Crippen LogP) is 3.38. The predicted molar refractivity (Wildman–Crippen MR) is 82.2 cm³/mol. The van der Waals surface area contributed by atoms with Crippen molar-refractivity contribution >= 4 is 5.69 Å². The maximum atomic E-state index is 10.9. The summed E-state index contributed by atoms with van der Waals surface area (Å²) in [4.78, 5) is 10.5. The zero-order chi connectivity index (χ0) is 15.8. The van der Waals surface area contributed by atoms with Gasteiger partial charge in [0.25, 0.3) is 5.69 Å². The minimum Gasteiger partial charge on any atom is -0.454 e. The van der Waals surface area contributed by atoms with Crippen molar-refractivity contribution in [2.24, 2.45) is 0 Å². The van der Waals surface area contributed by atoms with Crippen LogP contribution in [0.2, 0.25) is 0 Å². The molecule has 1 aromatic heterocycles. The second-order valence-corrected chi connectivity index (χ2v) is 5.04. The van der Waals surface area contributed by atoms with E-state index in [1.807, 2.05) is 24.3 Å². The van der Waals surface area contributed by atoms with Gasteiger partial charge in [0.1, 0.15) is 0 Å². The largest absolute Gasteiger partial charge is 0.454 e. The van der Waals surface area contributed by atoms with Gasteiger partial charge in [-0.3, -0.25) is 15.2 Å². The van der Waals surface area contributed by atoms with Crippen molar-refractivity contribution in [3.63, 3.8) is 0 Å². The van der Waals surface area contributed by atoms with Crippen LogP contribution in [0, 0.1) is 10.1 Å². The molecule has 0 bridgehead atoms. The van der Waals surface area contributed by atoms with E-state index < -0.39 is 4.92 Å². The van der Waals surface area contributed by atoms with Crippen LogP contribution >= 0.6 is 0 Å². The number of hydrogen-bond acceptors (Lipinski definition) is 5. The molecule has 0 saturated carbocycles. The molecule has 7 heteroatoms. The van der Waals surface area contributed by atoms with Crippen molar-refractivity contribution in [1.29, 1.82) is 0 Å². The molecule has 0 unspecified atom stereocenters. The van der Waals surface area contributed by atoms with Crippen LogP contribution in [-0.4, -0.2) is 21.9 Å². The Labute approximate surface area is 130 Å². The number of nitrogens with one attached hydrogen (secondary N) is 1. The molecule has 23 heavy (non-hydrogen) atoms. The molecule has 0 fully saturated rings. The molecule has 3 aromatic rings. The molecular weight excluding hydrogens is 298 g/mol. The van der Waals surface area contributed by atoms with E-state index in [4.69, 9.17) is 9.47 Å². The van der Waals surface area contributed by atoms with E-state index in [0.717, 1.165) is 11.3 Å². The van der Waals surface area contributed by atoms with Gasteiger partial charge in [0, 0.05) is 23.3 Å². The molecule has 4 rings (SSSR count). The Morgan fingerprint density at radius 3 is 2.78 bits per heavy atom. The zero-order valence-corrected chi connectivity index (χ0v) is 11.9. The molecule has 2 heterocycles. The lowest BCUT2D eigenvalue weighted by Gasteiger charge is -1.99. The molecule has 0 aliphatic carbocycles. The minimum atomic E-state index is -0.418. The number of benzene rings is 2. The maximum absolute atomic E-state index is 10.9. The van der Waals surface area contributed by atoms with Crippen molar-refractivity contribution in [1.82, 2.24) is 10.2 Å². The second kappa shape index (κ2) is 5.13. The summed E-state index contributed by atoms with van der Waals surface area (Å²) in [6.07, 6.45) is 0. The van der Waals surface area contributed by atoms with Gasteiger partial charge in [0.05, 0.1) is 16.3 Å². The number of aromatic amines is 1. The average Bonchev–Trinajstić information content (AvgIpc) is 3.23. The standard InChI is InChI=1S/C16H11N3O4/c20-19(21)12-3-1-2-10(6-12)13-8-14(18-17-13)11-4-5-15-16(7-11)23-9-22-15/h1-8H,9H2,(H,17,18). The monoisotopic (exact) mass is 309 g/mol. The van der Waals surface area contributed by atoms with Gasteiger partial charge in [0.2, 0.25) is 6.79 Å². The molecule has 0 radical (unpaired) electrons. The van der Waals surface area contributed by atoms with Gasteiger partial charge < -0.3 is 9.47 Å². The molecule has 0 saturated heterocycles. The van der Waals surface area contributed by atoms with E-state index in [1.54, 1.807) is 12.1 Å². The highest BCUT2D eigenvalue weighted by Gasteiger charge is 2.15. The SMILES string of the molecule is O=[N+]([O-])c1cccc(-c2cc(-c3ccc4c(c3)OCO4)n[nH]2)c1. The molecule has 2 aromatic carbocycles. The number of nitro groups is 1. The first-order valence-electron chi connectivity index (χ1n) is 6.91. The summed E-state index contributed by atoms with van der Waals surface area (Å²) in [7, 11) is 0. The minimum absolute atomic E-state index is 0.0433. The molecule has 0 atom stereocenters. The van der Waals surface area contributed by atoms with E-state index in [1.165, 1.54) is 12.1 Å². The van der Waals surface area contributed by atoms with E-state index in [2.05, 4.69) is 10.2 Å². The molecule has 0 amide bonds. The van der Waals surface area contributed by atoms with Gasteiger partial charge >= 0.3 is 0 Å². The van der Waals surface area contributed by atoms with E-state index in [9.17, 15) is 10.1 Å². The van der Waals surface area contributed by atoms with Crippen LogP contribution in [0.1, 0.15) is 0 Å². The fourth-order valence-electron chi connectivity index (χ4n) is 2.46. The van der Waals surface area contributed by atoms with Crippen molar-refractivity contribution in [3.8, 4) is 34.0 Å². The number of nitrogens with zero attached hydrogens (tertiary/aromatic N) is 2. The number of hydrogen-bond donors (Lipinski definition) is 1. The zero-order valence-electron chi connectivity index (χ0n) is 11.9. The molecule has 0 spiro atoms. The Hall–Kier alpha value is -3.35. The van der Waals surface area contributed by atoms with Gasteiger partial charge in [-0.05, 0) is 24.3 Å². The summed E-state index contributed by atoms with van der Waals surface area (Å²) < 4.78 is 10.6. The number of aromatic nitrogens is 2. The van der Waals surface area contributed by atoms with Crippen LogP contribution in [0.5, 0.6) is 11.5 Å². The third-order valence-corrected chi connectivity index (χ3v) is 3.61. The highest BCUT2D eigenvalue weighted by atomic mass is 16.7. The third kappa shape index (κ3) is 2.38. The van der Waals surface area contributed by atoms with Crippen LogP contribution in [0.25, 0.3) is 22.5 Å². The first-order chi connectivity index (χ1) is 11.2. The molecule has 114 valence electrons. The van der Waals surface area contributed by atoms with Crippen LogP contribution in [0.4, 0.5) is 5.69 Å². The summed E-state index contributed by atoms with van der Waals surface area (Å²) in [5.41, 5.74) is 3.06. The number of H-pyrrole nitrogens is 1. The van der Waals surface area contributed by atoms with Crippen LogP contribution in [0.3, 0.4) is 0 Å². The fourth-order valence-corrected chi connectivity index (χ4v) is 2.46. The lowest BCUT2D eigenvalue weighted by atomic mass is 10.1. The fraction of sp³-hybridized carbons (Fsp3) is 0.0625. The van der Waals surface area contributed by atoms with Crippen molar-refractivity contribution < 1.29 is 14.4 Å². The third-order valence-electron chi connectivity index (χ3n) is 3.61. The van der Waals surface area contributed by atoms with E-state index >= 15 is 0 Å². The highest BCUT2D eigenvalue weighted by Crippen LogP contribution is 2.36. The number of ether oxygens (including phenoxy) is 2. The molecular formula is C16H11N3O4. The van der Waals surface area contributed by atoms with Crippen molar-refractivity contribution in [2.75, 3.05) is 6.79 Å². The quantitative estimate of drug-likeness (QED) is 0.591. The lowest BCUT2D eigenvalue weighted by molar-refractivity contribution is -0.384. The first kappa shape index (κ1) is 13.3. The van der Waals surface area contributed by atoms with Crippen molar-refractivity contribution in [3.05, 3.63) is 58.6 Å². The summed E-state index contributed by atoms with van der Waals surface area (Å²) in [6, 6.07) is 13.8. The topological polar surface area (TPSA) is 90.3 Å².